The van der Waals surface area contributed by atoms with Crippen LogP contribution in [0.25, 0.3) is 0 Å². The molecule has 0 aliphatic heterocycles. The zero-order valence-corrected chi connectivity index (χ0v) is 10.7. The smallest absolute Gasteiger partial charge is 0.136 e. The summed E-state index contributed by atoms with van der Waals surface area (Å²) >= 11 is 0. The van der Waals surface area contributed by atoms with Crippen molar-refractivity contribution in [2.45, 2.75) is 58.8 Å². The fourth-order valence-corrected chi connectivity index (χ4v) is 5.05. The molecule has 16 heavy (non-hydrogen) atoms. The molecule has 1 nitrogen and oxygen atoms in total. The Morgan fingerprint density at radius 2 is 2.00 bits per heavy atom. The van der Waals surface area contributed by atoms with Gasteiger partial charge in [0.25, 0.3) is 0 Å². The van der Waals surface area contributed by atoms with E-state index in [1.807, 2.05) is 0 Å². The van der Waals surface area contributed by atoms with Gasteiger partial charge in [-0.1, -0.05) is 13.8 Å². The Balaban J connectivity index is 1.89. The Kier molecular flexibility index (Phi) is 2.42. The summed E-state index contributed by atoms with van der Waals surface area (Å²) in [7, 11) is 0. The van der Waals surface area contributed by atoms with Crippen LogP contribution in [-0.2, 0) is 4.79 Å². The summed E-state index contributed by atoms with van der Waals surface area (Å²) in [5.41, 5.74) is 0.568. The van der Waals surface area contributed by atoms with E-state index in [2.05, 4.69) is 13.8 Å². The van der Waals surface area contributed by atoms with Crippen molar-refractivity contribution in [1.29, 1.82) is 0 Å². The van der Waals surface area contributed by atoms with Gasteiger partial charge in [0.05, 0.1) is 0 Å². The Morgan fingerprint density at radius 3 is 2.81 bits per heavy atom. The van der Waals surface area contributed by atoms with Gasteiger partial charge in [0.1, 0.15) is 5.78 Å². The van der Waals surface area contributed by atoms with Crippen LogP contribution in [0.4, 0.5) is 0 Å². The number of fused-ring (bicyclic) bond motifs is 3. The lowest BCUT2D eigenvalue weighted by Gasteiger charge is -2.49. The normalized spacial score (nSPS) is 52.2. The molecule has 0 saturated heterocycles. The Morgan fingerprint density at radius 1 is 1.19 bits per heavy atom. The molecule has 3 aliphatic rings. The molecular weight excluding hydrogens is 196 g/mol. The van der Waals surface area contributed by atoms with Gasteiger partial charge in [-0.25, -0.2) is 0 Å². The van der Waals surface area contributed by atoms with Crippen molar-refractivity contribution in [2.24, 2.45) is 29.1 Å². The topological polar surface area (TPSA) is 17.1 Å². The largest absolute Gasteiger partial charge is 0.299 e. The molecule has 0 amide bonds. The average molecular weight is 220 g/mol. The molecule has 0 N–H and O–H groups in total. The molecule has 1 unspecified atom stereocenters. The van der Waals surface area contributed by atoms with Crippen molar-refractivity contribution < 1.29 is 4.79 Å². The number of hydrogen-bond acceptors (Lipinski definition) is 1. The molecular formula is C15H24O. The van der Waals surface area contributed by atoms with Crippen LogP contribution in [0.5, 0.6) is 0 Å². The van der Waals surface area contributed by atoms with Crippen LogP contribution in [0.1, 0.15) is 58.8 Å². The molecule has 3 aliphatic carbocycles. The predicted molar refractivity (Wildman–Crippen MR) is 65.1 cm³/mol. The van der Waals surface area contributed by atoms with E-state index >= 15 is 0 Å². The molecule has 3 saturated carbocycles. The number of carbonyl (C=O) groups is 1. The van der Waals surface area contributed by atoms with E-state index in [0.29, 0.717) is 17.1 Å². The van der Waals surface area contributed by atoms with Crippen LogP contribution in [-0.4, -0.2) is 5.78 Å². The molecule has 0 aromatic rings. The lowest BCUT2D eigenvalue weighted by molar-refractivity contribution is -0.132. The Labute approximate surface area is 99.0 Å². The predicted octanol–water partition coefficient (Wildman–Crippen LogP) is 3.82. The first kappa shape index (κ1) is 10.8. The summed E-state index contributed by atoms with van der Waals surface area (Å²) < 4.78 is 0. The maximum Gasteiger partial charge on any atom is 0.136 e. The van der Waals surface area contributed by atoms with E-state index in [1.165, 1.54) is 38.5 Å². The highest BCUT2D eigenvalue weighted by atomic mass is 16.1. The minimum atomic E-state index is 0.456. The first-order valence-electron chi connectivity index (χ1n) is 7.15. The lowest BCUT2D eigenvalue weighted by Crippen LogP contribution is -2.45. The van der Waals surface area contributed by atoms with Gasteiger partial charge >= 0.3 is 0 Å². The Bertz CT molecular complexity index is 309. The summed E-state index contributed by atoms with van der Waals surface area (Å²) in [5.74, 6) is 3.56. The molecule has 3 rings (SSSR count). The van der Waals surface area contributed by atoms with Gasteiger partial charge in [-0.15, -0.1) is 0 Å². The fraction of sp³-hybridized carbons (Fsp3) is 0.933. The van der Waals surface area contributed by atoms with Crippen molar-refractivity contribution in [3.63, 3.8) is 0 Å². The van der Waals surface area contributed by atoms with E-state index < -0.39 is 0 Å². The van der Waals surface area contributed by atoms with Crippen molar-refractivity contribution in [2.75, 3.05) is 0 Å². The Hall–Kier alpha value is -0.330. The van der Waals surface area contributed by atoms with E-state index in [9.17, 15) is 4.79 Å². The minimum absolute atomic E-state index is 0.456. The summed E-state index contributed by atoms with van der Waals surface area (Å²) in [6, 6.07) is 0. The molecule has 0 heterocycles. The molecule has 1 heteroatoms. The van der Waals surface area contributed by atoms with Gasteiger partial charge in [-0.2, -0.15) is 0 Å². The zero-order chi connectivity index (χ0) is 11.3. The maximum atomic E-state index is 12.0. The summed E-state index contributed by atoms with van der Waals surface area (Å²) in [6.45, 7) is 4.94. The lowest BCUT2D eigenvalue weighted by atomic mass is 9.55. The summed E-state index contributed by atoms with van der Waals surface area (Å²) in [5, 5.41) is 0. The second-order valence-electron chi connectivity index (χ2n) is 6.76. The van der Waals surface area contributed by atoms with Crippen molar-refractivity contribution >= 4 is 5.78 Å². The van der Waals surface area contributed by atoms with E-state index in [4.69, 9.17) is 0 Å². The van der Waals surface area contributed by atoms with Crippen molar-refractivity contribution in [1.82, 2.24) is 0 Å². The third-order valence-corrected chi connectivity index (χ3v) is 6.29. The van der Waals surface area contributed by atoms with Gasteiger partial charge < -0.3 is 0 Å². The number of ketones is 1. The highest BCUT2D eigenvalue weighted by molar-refractivity contribution is 5.82. The van der Waals surface area contributed by atoms with E-state index in [0.717, 1.165) is 24.2 Å². The van der Waals surface area contributed by atoms with Crippen LogP contribution in [0.3, 0.4) is 0 Å². The maximum absolute atomic E-state index is 12.0. The van der Waals surface area contributed by atoms with Crippen LogP contribution in [0.15, 0.2) is 0 Å². The molecule has 0 aromatic carbocycles. The molecule has 0 spiro atoms. The molecule has 5 atom stereocenters. The number of hydrogen-bond donors (Lipinski definition) is 0. The number of rotatable bonds is 0. The summed E-state index contributed by atoms with van der Waals surface area (Å²) in [6.07, 6.45) is 8.68. The highest BCUT2D eigenvalue weighted by Gasteiger charge is 2.53. The monoisotopic (exact) mass is 220 g/mol. The zero-order valence-electron chi connectivity index (χ0n) is 10.7. The van der Waals surface area contributed by atoms with Crippen LogP contribution in [0, 0.1) is 29.1 Å². The van der Waals surface area contributed by atoms with Crippen LogP contribution < -0.4 is 0 Å². The van der Waals surface area contributed by atoms with Crippen LogP contribution in [0.2, 0.25) is 0 Å². The van der Waals surface area contributed by atoms with Gasteiger partial charge in [-0.05, 0) is 61.7 Å². The third-order valence-electron chi connectivity index (χ3n) is 6.29. The van der Waals surface area contributed by atoms with Crippen molar-refractivity contribution in [3.05, 3.63) is 0 Å². The number of carbonyl (C=O) groups excluding carboxylic acids is 1. The molecule has 0 aromatic heterocycles. The molecule has 3 fully saturated rings. The van der Waals surface area contributed by atoms with E-state index in [-0.39, 0.29) is 0 Å². The first-order chi connectivity index (χ1) is 7.63. The second-order valence-corrected chi connectivity index (χ2v) is 6.76. The average Bonchev–Trinajstić information content (AvgIpc) is 2.56. The first-order valence-corrected chi connectivity index (χ1v) is 7.15. The van der Waals surface area contributed by atoms with Gasteiger partial charge in [-0.3, -0.25) is 4.79 Å². The molecule has 0 radical (unpaired) electrons. The van der Waals surface area contributed by atoms with Gasteiger partial charge in [0.2, 0.25) is 0 Å². The second kappa shape index (κ2) is 3.58. The molecule has 0 bridgehead atoms. The standard InChI is InChI=1S/C15H24O/c1-10-6-7-13-11-4-3-5-14(16)12(11)8-9-15(10,13)2/h10-13H,3-9H2,1-2H3/t10?,11-,12+,13+,15-/m0/s1. The highest BCUT2D eigenvalue weighted by Crippen LogP contribution is 2.60. The SMILES string of the molecule is CC1CC[C@@H]2[C@H]3CCCC(=O)[C@@H]3CC[C@@]12C. The summed E-state index contributed by atoms with van der Waals surface area (Å²) in [4.78, 5) is 12.0. The van der Waals surface area contributed by atoms with Gasteiger partial charge in [0, 0.05) is 12.3 Å². The third kappa shape index (κ3) is 1.33. The molecule has 90 valence electrons. The quantitative estimate of drug-likeness (QED) is 0.606. The van der Waals surface area contributed by atoms with Crippen molar-refractivity contribution in [3.8, 4) is 0 Å². The minimum Gasteiger partial charge on any atom is -0.299 e. The van der Waals surface area contributed by atoms with Crippen LogP contribution >= 0.6 is 0 Å². The van der Waals surface area contributed by atoms with E-state index in [1.54, 1.807) is 0 Å². The number of Topliss-reactive ketones (excluding diaryl/α,β-unsaturated/α-hetero) is 1. The van der Waals surface area contributed by atoms with Gasteiger partial charge in [0.15, 0.2) is 0 Å². The fourth-order valence-electron chi connectivity index (χ4n) is 5.05.